The van der Waals surface area contributed by atoms with Gasteiger partial charge in [-0.1, -0.05) is 12.1 Å². The van der Waals surface area contributed by atoms with Crippen LogP contribution in [0.3, 0.4) is 0 Å². The molecular weight excluding hydrogens is 238 g/mol. The van der Waals surface area contributed by atoms with Gasteiger partial charge in [0.05, 0.1) is 19.8 Å². The second-order valence-electron chi connectivity index (χ2n) is 5.34. The van der Waals surface area contributed by atoms with E-state index in [1.807, 2.05) is 12.1 Å². The van der Waals surface area contributed by atoms with E-state index in [0.717, 1.165) is 24.8 Å². The Bertz CT molecular complexity index is 360. The maximum Gasteiger partial charge on any atom is 0.118 e. The van der Waals surface area contributed by atoms with E-state index in [2.05, 4.69) is 24.4 Å². The van der Waals surface area contributed by atoms with Crippen LogP contribution in [0.4, 0.5) is 0 Å². The number of nitrogens with one attached hydrogen (secondary N) is 1. The molecule has 0 radical (unpaired) electrons. The van der Waals surface area contributed by atoms with Crippen LogP contribution in [0.1, 0.15) is 38.2 Å². The third kappa shape index (κ3) is 5.62. The molecule has 0 bridgehead atoms. The van der Waals surface area contributed by atoms with Gasteiger partial charge in [-0.05, 0) is 56.8 Å². The number of hydrogen-bond acceptors (Lipinski definition) is 3. The summed E-state index contributed by atoms with van der Waals surface area (Å²) in [7, 11) is 1.68. The number of hydrogen-bond donors (Lipinski definition) is 1. The summed E-state index contributed by atoms with van der Waals surface area (Å²) in [5.74, 6) is 0.892. The highest BCUT2D eigenvalue weighted by Gasteiger charge is 2.19. The second-order valence-corrected chi connectivity index (χ2v) is 5.34. The summed E-state index contributed by atoms with van der Waals surface area (Å²) < 4.78 is 11.0. The van der Waals surface area contributed by atoms with Gasteiger partial charge in [0.2, 0.25) is 0 Å². The fourth-order valence-electron chi connectivity index (χ4n) is 2.03. The first-order valence-electron chi connectivity index (χ1n) is 7.26. The van der Waals surface area contributed by atoms with E-state index >= 15 is 0 Å². The Morgan fingerprint density at radius 1 is 1.26 bits per heavy atom. The van der Waals surface area contributed by atoms with Crippen molar-refractivity contribution in [2.45, 2.75) is 51.4 Å². The molecule has 1 aliphatic rings. The molecule has 3 nitrogen and oxygen atoms in total. The van der Waals surface area contributed by atoms with E-state index < -0.39 is 0 Å². The van der Waals surface area contributed by atoms with Crippen LogP contribution in [-0.2, 0) is 11.3 Å². The predicted molar refractivity (Wildman–Crippen MR) is 77.5 cm³/mol. The van der Waals surface area contributed by atoms with E-state index in [9.17, 15) is 0 Å². The Morgan fingerprint density at radius 2 is 2.00 bits per heavy atom. The first-order chi connectivity index (χ1) is 9.28. The van der Waals surface area contributed by atoms with Gasteiger partial charge in [0.15, 0.2) is 0 Å². The molecule has 1 fully saturated rings. The molecule has 1 aromatic rings. The molecule has 1 N–H and O–H groups in total. The Kier molecular flexibility index (Phi) is 5.67. The van der Waals surface area contributed by atoms with E-state index in [0.29, 0.717) is 12.7 Å². The predicted octanol–water partition coefficient (Wildman–Crippen LogP) is 3.13. The standard InChI is InChI=1S/C16H25NO2/c1-13(4-3-11-17-15-7-8-15)19-12-14-5-9-16(18-2)10-6-14/h5-6,9-10,13,15,17H,3-4,7-8,11-12H2,1-2H3. The number of rotatable bonds is 9. The topological polar surface area (TPSA) is 30.5 Å². The molecule has 3 heteroatoms. The fourth-order valence-corrected chi connectivity index (χ4v) is 2.03. The molecule has 0 heterocycles. The summed E-state index contributed by atoms with van der Waals surface area (Å²) >= 11 is 0. The highest BCUT2D eigenvalue weighted by molar-refractivity contribution is 5.26. The molecule has 0 aliphatic heterocycles. The summed E-state index contributed by atoms with van der Waals surface area (Å²) in [5.41, 5.74) is 1.20. The van der Waals surface area contributed by atoms with E-state index in [-0.39, 0.29) is 0 Å². The SMILES string of the molecule is COc1ccc(COC(C)CCCNC2CC2)cc1. The molecule has 0 amide bonds. The third-order valence-corrected chi connectivity index (χ3v) is 3.49. The first kappa shape index (κ1) is 14.4. The van der Waals surface area contributed by atoms with Crippen molar-refractivity contribution in [1.82, 2.24) is 5.32 Å². The molecule has 1 atom stereocenters. The van der Waals surface area contributed by atoms with Crippen LogP contribution < -0.4 is 10.1 Å². The molecule has 1 aliphatic carbocycles. The molecule has 0 spiro atoms. The van der Waals surface area contributed by atoms with Crippen LogP contribution in [0.5, 0.6) is 5.75 Å². The van der Waals surface area contributed by atoms with Crippen molar-refractivity contribution in [3.63, 3.8) is 0 Å². The Balaban J connectivity index is 1.57. The van der Waals surface area contributed by atoms with E-state index in [1.54, 1.807) is 7.11 Å². The normalized spacial score (nSPS) is 16.3. The summed E-state index contributed by atoms with van der Waals surface area (Å²) in [6.45, 7) is 3.96. The molecule has 106 valence electrons. The zero-order valence-electron chi connectivity index (χ0n) is 12.0. The zero-order valence-corrected chi connectivity index (χ0v) is 12.0. The number of methoxy groups -OCH3 is 1. The molecule has 1 unspecified atom stereocenters. The highest BCUT2D eigenvalue weighted by Crippen LogP contribution is 2.18. The fraction of sp³-hybridized carbons (Fsp3) is 0.625. The average Bonchev–Trinajstić information content (AvgIpc) is 3.26. The largest absolute Gasteiger partial charge is 0.497 e. The van der Waals surface area contributed by atoms with E-state index in [4.69, 9.17) is 9.47 Å². The average molecular weight is 263 g/mol. The van der Waals surface area contributed by atoms with Crippen molar-refractivity contribution in [3.8, 4) is 5.75 Å². The van der Waals surface area contributed by atoms with Gasteiger partial charge in [0, 0.05) is 6.04 Å². The van der Waals surface area contributed by atoms with Crippen LogP contribution in [0.15, 0.2) is 24.3 Å². The van der Waals surface area contributed by atoms with Crippen molar-refractivity contribution in [2.75, 3.05) is 13.7 Å². The van der Waals surface area contributed by atoms with Crippen molar-refractivity contribution in [1.29, 1.82) is 0 Å². The lowest BCUT2D eigenvalue weighted by Gasteiger charge is -2.13. The maximum absolute atomic E-state index is 5.86. The van der Waals surface area contributed by atoms with Gasteiger partial charge >= 0.3 is 0 Å². The molecule has 19 heavy (non-hydrogen) atoms. The minimum Gasteiger partial charge on any atom is -0.497 e. The van der Waals surface area contributed by atoms with Crippen LogP contribution in [0.25, 0.3) is 0 Å². The lowest BCUT2D eigenvalue weighted by molar-refractivity contribution is 0.0463. The van der Waals surface area contributed by atoms with Crippen molar-refractivity contribution in [3.05, 3.63) is 29.8 Å². The van der Waals surface area contributed by atoms with Crippen LogP contribution in [0, 0.1) is 0 Å². The molecule has 1 saturated carbocycles. The van der Waals surface area contributed by atoms with Gasteiger partial charge in [-0.2, -0.15) is 0 Å². The summed E-state index contributed by atoms with van der Waals surface area (Å²) in [4.78, 5) is 0. The Labute approximate surface area is 116 Å². The third-order valence-electron chi connectivity index (χ3n) is 3.49. The molecule has 1 aromatic carbocycles. The minimum absolute atomic E-state index is 0.322. The number of ether oxygens (including phenoxy) is 2. The monoisotopic (exact) mass is 263 g/mol. The second kappa shape index (κ2) is 7.51. The molecular formula is C16H25NO2. The number of benzene rings is 1. The maximum atomic E-state index is 5.86. The Hall–Kier alpha value is -1.06. The molecule has 0 saturated heterocycles. The molecule has 0 aromatic heterocycles. The minimum atomic E-state index is 0.322. The van der Waals surface area contributed by atoms with Gasteiger partial charge in [0.1, 0.15) is 5.75 Å². The van der Waals surface area contributed by atoms with Gasteiger partial charge in [-0.3, -0.25) is 0 Å². The van der Waals surface area contributed by atoms with Crippen LogP contribution in [-0.4, -0.2) is 25.8 Å². The van der Waals surface area contributed by atoms with Crippen LogP contribution in [0.2, 0.25) is 0 Å². The van der Waals surface area contributed by atoms with Gasteiger partial charge in [0.25, 0.3) is 0 Å². The van der Waals surface area contributed by atoms with Crippen molar-refractivity contribution >= 4 is 0 Å². The lowest BCUT2D eigenvalue weighted by Crippen LogP contribution is -2.19. The first-order valence-corrected chi connectivity index (χ1v) is 7.26. The van der Waals surface area contributed by atoms with Gasteiger partial charge in [-0.15, -0.1) is 0 Å². The summed E-state index contributed by atoms with van der Waals surface area (Å²) in [5, 5.41) is 3.53. The van der Waals surface area contributed by atoms with Crippen molar-refractivity contribution < 1.29 is 9.47 Å². The summed E-state index contributed by atoms with van der Waals surface area (Å²) in [6, 6.07) is 8.88. The highest BCUT2D eigenvalue weighted by atomic mass is 16.5. The smallest absolute Gasteiger partial charge is 0.118 e. The lowest BCUT2D eigenvalue weighted by atomic mass is 10.2. The zero-order chi connectivity index (χ0) is 13.5. The Morgan fingerprint density at radius 3 is 2.63 bits per heavy atom. The van der Waals surface area contributed by atoms with Crippen LogP contribution >= 0.6 is 0 Å². The molecule has 2 rings (SSSR count). The van der Waals surface area contributed by atoms with Crippen molar-refractivity contribution in [2.24, 2.45) is 0 Å². The quantitative estimate of drug-likeness (QED) is 0.694. The van der Waals surface area contributed by atoms with Gasteiger partial charge in [-0.25, -0.2) is 0 Å². The van der Waals surface area contributed by atoms with E-state index in [1.165, 1.54) is 24.8 Å². The summed E-state index contributed by atoms with van der Waals surface area (Å²) in [6.07, 6.45) is 5.37. The van der Waals surface area contributed by atoms with Gasteiger partial charge < -0.3 is 14.8 Å².